The molecule has 1 aromatic heterocycles. The van der Waals surface area contributed by atoms with Gasteiger partial charge in [-0.2, -0.15) is 8.78 Å². The zero-order chi connectivity index (χ0) is 10.3. The molecule has 13 heavy (non-hydrogen) atoms. The van der Waals surface area contributed by atoms with E-state index in [2.05, 4.69) is 9.72 Å². The Balaban J connectivity index is 0.000000671. The zero-order valence-corrected chi connectivity index (χ0v) is 7.92. The average Bonchev–Trinajstić information content (AvgIpc) is 2.12. The highest BCUT2D eigenvalue weighted by molar-refractivity contribution is 5.16. The Hall–Kier alpha value is -1.19. The summed E-state index contributed by atoms with van der Waals surface area (Å²) in [6, 6.07) is 3.06. The van der Waals surface area contributed by atoms with E-state index in [1.165, 1.54) is 12.3 Å². The number of nitrogens with zero attached hydrogens (tertiary/aromatic N) is 1. The maximum Gasteiger partial charge on any atom is 0.388 e. The Morgan fingerprint density at radius 3 is 2.31 bits per heavy atom. The molecular formula is C9H13F2NO. The molecule has 0 spiro atoms. The average molecular weight is 189 g/mol. The molecule has 0 aromatic carbocycles. The van der Waals surface area contributed by atoms with E-state index in [-0.39, 0.29) is 5.88 Å². The van der Waals surface area contributed by atoms with Crippen LogP contribution in [0.2, 0.25) is 0 Å². The van der Waals surface area contributed by atoms with Gasteiger partial charge in [0.05, 0.1) is 0 Å². The Labute approximate surface area is 76.6 Å². The first-order chi connectivity index (χ1) is 6.18. The molecule has 1 heterocycles. The van der Waals surface area contributed by atoms with Gasteiger partial charge in [0.2, 0.25) is 5.88 Å². The van der Waals surface area contributed by atoms with Gasteiger partial charge >= 0.3 is 6.61 Å². The molecule has 0 amide bonds. The minimum atomic E-state index is -2.80. The lowest BCUT2D eigenvalue weighted by Gasteiger charge is -2.01. The molecule has 0 aliphatic carbocycles. The molecule has 1 aromatic rings. The summed E-state index contributed by atoms with van der Waals surface area (Å²) in [5.74, 6) is -0.0504. The van der Waals surface area contributed by atoms with E-state index in [0.717, 1.165) is 5.56 Å². The third-order valence-electron chi connectivity index (χ3n) is 1.09. The Morgan fingerprint density at radius 1 is 1.31 bits per heavy atom. The highest BCUT2D eigenvalue weighted by Crippen LogP contribution is 2.09. The molecule has 0 saturated carbocycles. The van der Waals surface area contributed by atoms with Crippen LogP contribution < -0.4 is 4.74 Å². The monoisotopic (exact) mass is 189 g/mol. The number of pyridine rings is 1. The molecule has 0 atom stereocenters. The van der Waals surface area contributed by atoms with Crippen molar-refractivity contribution < 1.29 is 13.5 Å². The van der Waals surface area contributed by atoms with Gasteiger partial charge in [-0.15, -0.1) is 0 Å². The molecule has 0 saturated heterocycles. The number of rotatable bonds is 2. The van der Waals surface area contributed by atoms with Gasteiger partial charge in [-0.05, 0) is 12.5 Å². The smallest absolute Gasteiger partial charge is 0.388 e. The number of aryl methyl sites for hydroxylation is 1. The van der Waals surface area contributed by atoms with E-state index in [9.17, 15) is 8.78 Å². The fourth-order valence-corrected chi connectivity index (χ4v) is 0.615. The SMILES string of the molecule is CC.Cc1ccc(OC(F)F)nc1. The van der Waals surface area contributed by atoms with E-state index in [1.807, 2.05) is 20.8 Å². The van der Waals surface area contributed by atoms with Gasteiger partial charge in [-0.1, -0.05) is 19.9 Å². The summed E-state index contributed by atoms with van der Waals surface area (Å²) < 4.78 is 27.1. The summed E-state index contributed by atoms with van der Waals surface area (Å²) in [6.07, 6.45) is 1.47. The van der Waals surface area contributed by atoms with Crippen molar-refractivity contribution in [3.63, 3.8) is 0 Å². The van der Waals surface area contributed by atoms with Gasteiger partial charge in [0, 0.05) is 12.3 Å². The van der Waals surface area contributed by atoms with Crippen molar-refractivity contribution in [2.24, 2.45) is 0 Å². The van der Waals surface area contributed by atoms with Crippen molar-refractivity contribution >= 4 is 0 Å². The normalized spacial score (nSPS) is 9.08. The first kappa shape index (κ1) is 11.8. The molecule has 0 aliphatic heterocycles. The van der Waals surface area contributed by atoms with Crippen molar-refractivity contribution in [3.05, 3.63) is 23.9 Å². The molecule has 2 nitrogen and oxygen atoms in total. The minimum Gasteiger partial charge on any atom is -0.417 e. The summed E-state index contributed by atoms with van der Waals surface area (Å²) in [5, 5.41) is 0. The Morgan fingerprint density at radius 2 is 1.92 bits per heavy atom. The lowest BCUT2D eigenvalue weighted by Crippen LogP contribution is -2.03. The van der Waals surface area contributed by atoms with Crippen LogP contribution >= 0.6 is 0 Å². The number of ether oxygens (including phenoxy) is 1. The van der Waals surface area contributed by atoms with Gasteiger partial charge < -0.3 is 4.74 Å². The van der Waals surface area contributed by atoms with Gasteiger partial charge in [0.15, 0.2) is 0 Å². The van der Waals surface area contributed by atoms with Gasteiger partial charge in [0.1, 0.15) is 0 Å². The standard InChI is InChI=1S/C7H7F2NO.C2H6/c1-5-2-3-6(10-4-5)11-7(8)9;1-2/h2-4,7H,1H3;1-2H3. The second-order valence-electron chi connectivity index (χ2n) is 2.05. The van der Waals surface area contributed by atoms with Crippen LogP contribution in [0, 0.1) is 6.92 Å². The van der Waals surface area contributed by atoms with Gasteiger partial charge in [0.25, 0.3) is 0 Å². The van der Waals surface area contributed by atoms with E-state index in [1.54, 1.807) is 6.07 Å². The number of halogens is 2. The van der Waals surface area contributed by atoms with Crippen molar-refractivity contribution in [3.8, 4) is 5.88 Å². The van der Waals surface area contributed by atoms with Crippen molar-refractivity contribution in [1.29, 1.82) is 0 Å². The molecule has 0 radical (unpaired) electrons. The lowest BCUT2D eigenvalue weighted by atomic mass is 10.3. The number of hydrogen-bond acceptors (Lipinski definition) is 2. The van der Waals surface area contributed by atoms with Crippen molar-refractivity contribution in [2.45, 2.75) is 27.4 Å². The summed E-state index contributed by atoms with van der Waals surface area (Å²) in [7, 11) is 0. The largest absolute Gasteiger partial charge is 0.417 e. The molecule has 1 rings (SSSR count). The third kappa shape index (κ3) is 5.11. The lowest BCUT2D eigenvalue weighted by molar-refractivity contribution is -0.0528. The van der Waals surface area contributed by atoms with Gasteiger partial charge in [-0.25, -0.2) is 4.98 Å². The molecule has 0 fully saturated rings. The molecule has 0 bridgehead atoms. The molecule has 74 valence electrons. The van der Waals surface area contributed by atoms with E-state index in [4.69, 9.17) is 0 Å². The topological polar surface area (TPSA) is 22.1 Å². The van der Waals surface area contributed by atoms with Crippen LogP contribution in [0.4, 0.5) is 8.78 Å². The van der Waals surface area contributed by atoms with Crippen LogP contribution in [0.1, 0.15) is 19.4 Å². The van der Waals surface area contributed by atoms with Crippen molar-refractivity contribution in [2.75, 3.05) is 0 Å². The first-order valence-corrected chi connectivity index (χ1v) is 4.06. The molecule has 0 aliphatic rings. The summed E-state index contributed by atoms with van der Waals surface area (Å²) in [5.41, 5.74) is 0.909. The van der Waals surface area contributed by atoms with Crippen molar-refractivity contribution in [1.82, 2.24) is 4.98 Å². The quantitative estimate of drug-likeness (QED) is 0.713. The summed E-state index contributed by atoms with van der Waals surface area (Å²) in [6.45, 7) is 3.02. The van der Waals surface area contributed by atoms with E-state index in [0.29, 0.717) is 0 Å². The van der Waals surface area contributed by atoms with E-state index >= 15 is 0 Å². The van der Waals surface area contributed by atoms with E-state index < -0.39 is 6.61 Å². The summed E-state index contributed by atoms with van der Waals surface area (Å²) >= 11 is 0. The number of aromatic nitrogens is 1. The second kappa shape index (κ2) is 6.34. The Bertz CT molecular complexity index is 224. The predicted octanol–water partition coefficient (Wildman–Crippen LogP) is 3.02. The predicted molar refractivity (Wildman–Crippen MR) is 47.0 cm³/mol. The summed E-state index contributed by atoms with van der Waals surface area (Å²) in [4.78, 5) is 3.62. The van der Waals surface area contributed by atoms with Crippen LogP contribution in [-0.2, 0) is 0 Å². The first-order valence-electron chi connectivity index (χ1n) is 4.06. The minimum absolute atomic E-state index is 0.0504. The van der Waals surface area contributed by atoms with Crippen LogP contribution in [-0.4, -0.2) is 11.6 Å². The van der Waals surface area contributed by atoms with Crippen LogP contribution in [0.3, 0.4) is 0 Å². The molecule has 0 N–H and O–H groups in total. The highest BCUT2D eigenvalue weighted by atomic mass is 19.3. The third-order valence-corrected chi connectivity index (χ3v) is 1.09. The maximum absolute atomic E-state index is 11.6. The number of alkyl halides is 2. The molecular weight excluding hydrogens is 176 g/mol. The Kier molecular flexibility index (Phi) is 5.76. The highest BCUT2D eigenvalue weighted by Gasteiger charge is 2.03. The maximum atomic E-state index is 11.6. The van der Waals surface area contributed by atoms with Crippen LogP contribution in [0.5, 0.6) is 5.88 Å². The zero-order valence-electron chi connectivity index (χ0n) is 7.92. The van der Waals surface area contributed by atoms with Gasteiger partial charge in [-0.3, -0.25) is 0 Å². The second-order valence-corrected chi connectivity index (χ2v) is 2.05. The fourth-order valence-electron chi connectivity index (χ4n) is 0.615. The molecule has 4 heteroatoms. The van der Waals surface area contributed by atoms with Crippen LogP contribution in [0.25, 0.3) is 0 Å². The van der Waals surface area contributed by atoms with Crippen LogP contribution in [0.15, 0.2) is 18.3 Å². The number of hydrogen-bond donors (Lipinski definition) is 0. The fraction of sp³-hybridized carbons (Fsp3) is 0.444. The molecule has 0 unspecified atom stereocenters.